The molecule has 4 aromatic rings. The molecule has 0 bridgehead atoms. The number of ether oxygens (including phenoxy) is 1. The van der Waals surface area contributed by atoms with Crippen LogP contribution in [0.3, 0.4) is 0 Å². The number of hydrogen-bond donors (Lipinski definition) is 0. The van der Waals surface area contributed by atoms with Gasteiger partial charge in [0.25, 0.3) is 5.91 Å². The first-order valence-electron chi connectivity index (χ1n) is 9.90. The zero-order chi connectivity index (χ0) is 20.5. The number of furan rings is 1. The Labute approximate surface area is 172 Å². The van der Waals surface area contributed by atoms with Crippen molar-refractivity contribution in [2.24, 2.45) is 0 Å². The van der Waals surface area contributed by atoms with Crippen molar-refractivity contribution in [3.8, 4) is 11.3 Å². The normalized spacial score (nSPS) is 14.9. The molecule has 1 saturated heterocycles. The molecule has 0 atom stereocenters. The molecule has 3 aromatic heterocycles. The van der Waals surface area contributed by atoms with Gasteiger partial charge in [-0.25, -0.2) is 0 Å². The first kappa shape index (κ1) is 18.5. The number of carbonyl (C=O) groups excluding carboxylic acids is 2. The lowest BCUT2D eigenvalue weighted by Crippen LogP contribution is -2.33. The van der Waals surface area contributed by atoms with E-state index in [0.29, 0.717) is 43.2 Å². The lowest BCUT2D eigenvalue weighted by molar-refractivity contribution is -0.108. The van der Waals surface area contributed by atoms with Crippen LogP contribution in [0.4, 0.5) is 0 Å². The monoisotopic (exact) mass is 404 g/mol. The average Bonchev–Trinajstić information content (AvgIpc) is 3.23. The van der Waals surface area contributed by atoms with Gasteiger partial charge in [-0.15, -0.1) is 0 Å². The molecule has 4 heterocycles. The number of benzene rings is 1. The maximum Gasteiger partial charge on any atom is 0.272 e. The minimum atomic E-state index is -0.142. The van der Waals surface area contributed by atoms with Gasteiger partial charge in [-0.2, -0.15) is 5.10 Å². The number of hydrogen-bond acceptors (Lipinski definition) is 6. The number of fused-ring (bicyclic) bond motifs is 2. The number of aromatic nitrogens is 3. The molecular formula is C22H20N4O4. The van der Waals surface area contributed by atoms with Gasteiger partial charge in [0, 0.05) is 42.2 Å². The summed E-state index contributed by atoms with van der Waals surface area (Å²) in [6.07, 6.45) is 4.91. The quantitative estimate of drug-likeness (QED) is 0.486. The van der Waals surface area contributed by atoms with Crippen LogP contribution < -0.4 is 0 Å². The fraction of sp³-hybridized carbons (Fsp3) is 0.273. The third-order valence-electron chi connectivity index (χ3n) is 5.35. The third-order valence-corrected chi connectivity index (χ3v) is 5.35. The molecule has 0 radical (unpaired) electrons. The molecule has 0 saturated carbocycles. The van der Waals surface area contributed by atoms with Crippen molar-refractivity contribution in [1.82, 2.24) is 19.7 Å². The van der Waals surface area contributed by atoms with E-state index in [-0.39, 0.29) is 12.5 Å². The number of para-hydroxylation sites is 1. The molecule has 0 spiro atoms. The first-order valence-corrected chi connectivity index (χ1v) is 9.90. The van der Waals surface area contributed by atoms with Crippen LogP contribution in [-0.4, -0.2) is 58.2 Å². The molecular weight excluding hydrogens is 384 g/mol. The highest BCUT2D eigenvalue weighted by atomic mass is 16.5. The molecule has 30 heavy (non-hydrogen) atoms. The van der Waals surface area contributed by atoms with Crippen LogP contribution in [-0.2, 0) is 16.1 Å². The van der Waals surface area contributed by atoms with Crippen LogP contribution in [0.5, 0.6) is 0 Å². The van der Waals surface area contributed by atoms with E-state index in [1.165, 1.54) is 0 Å². The van der Waals surface area contributed by atoms with Gasteiger partial charge in [0.15, 0.2) is 0 Å². The Morgan fingerprint density at radius 3 is 2.97 bits per heavy atom. The van der Waals surface area contributed by atoms with Crippen molar-refractivity contribution in [1.29, 1.82) is 0 Å². The van der Waals surface area contributed by atoms with E-state index in [0.717, 1.165) is 34.6 Å². The summed E-state index contributed by atoms with van der Waals surface area (Å²) in [5.74, 6) is -0.142. The molecule has 1 aliphatic rings. The standard InChI is InChI=1S/C22H20N4O4/c27-9-7-26-19-12-18(22(28)25-6-3-10-29-11-8-25)23-13-16(19)21(24-26)17-14-30-20-5-2-1-4-15(17)20/h1-2,4-5,9,12-14H,3,6-8,10-11H2. The molecule has 8 heteroatoms. The van der Waals surface area contributed by atoms with Gasteiger partial charge in [-0.3, -0.25) is 14.5 Å². The van der Waals surface area contributed by atoms with Crippen molar-refractivity contribution in [3.05, 3.63) is 48.5 Å². The Balaban J connectivity index is 1.61. The molecule has 152 valence electrons. The maximum absolute atomic E-state index is 13.0. The van der Waals surface area contributed by atoms with E-state index >= 15 is 0 Å². The van der Waals surface area contributed by atoms with E-state index in [4.69, 9.17) is 9.15 Å². The smallest absolute Gasteiger partial charge is 0.272 e. The molecule has 1 amide bonds. The van der Waals surface area contributed by atoms with Gasteiger partial charge in [-0.1, -0.05) is 18.2 Å². The maximum atomic E-state index is 13.0. The molecule has 1 aromatic carbocycles. The topological polar surface area (TPSA) is 90.5 Å². The van der Waals surface area contributed by atoms with Crippen LogP contribution in [0.25, 0.3) is 33.1 Å². The third kappa shape index (κ3) is 3.15. The van der Waals surface area contributed by atoms with E-state index in [1.807, 2.05) is 24.3 Å². The highest BCUT2D eigenvalue weighted by Crippen LogP contribution is 2.34. The van der Waals surface area contributed by atoms with Crippen LogP contribution in [0.1, 0.15) is 16.9 Å². The summed E-state index contributed by atoms with van der Waals surface area (Å²) >= 11 is 0. The molecule has 1 aliphatic heterocycles. The van der Waals surface area contributed by atoms with Crippen LogP contribution in [0.2, 0.25) is 0 Å². The lowest BCUT2D eigenvalue weighted by atomic mass is 10.1. The van der Waals surface area contributed by atoms with E-state index in [1.54, 1.807) is 28.1 Å². The number of rotatable bonds is 4. The van der Waals surface area contributed by atoms with Gasteiger partial charge >= 0.3 is 0 Å². The number of pyridine rings is 1. The summed E-state index contributed by atoms with van der Waals surface area (Å²) in [5.41, 5.74) is 3.28. The Morgan fingerprint density at radius 2 is 2.07 bits per heavy atom. The van der Waals surface area contributed by atoms with Gasteiger partial charge in [0.05, 0.1) is 18.7 Å². The highest BCUT2D eigenvalue weighted by molar-refractivity contribution is 6.04. The van der Waals surface area contributed by atoms with Crippen LogP contribution in [0, 0.1) is 0 Å². The minimum absolute atomic E-state index is 0.0848. The second-order valence-corrected chi connectivity index (χ2v) is 7.19. The summed E-state index contributed by atoms with van der Waals surface area (Å²) in [7, 11) is 0. The number of carbonyl (C=O) groups is 2. The summed E-state index contributed by atoms with van der Waals surface area (Å²) in [4.78, 5) is 30.4. The fourth-order valence-corrected chi connectivity index (χ4v) is 3.87. The number of aldehydes is 1. The predicted octanol–water partition coefficient (Wildman–Crippen LogP) is 2.91. The average molecular weight is 404 g/mol. The van der Waals surface area contributed by atoms with Crippen molar-refractivity contribution in [3.63, 3.8) is 0 Å². The van der Waals surface area contributed by atoms with Gasteiger partial charge in [0.2, 0.25) is 0 Å². The molecule has 8 nitrogen and oxygen atoms in total. The zero-order valence-electron chi connectivity index (χ0n) is 16.3. The molecule has 1 fully saturated rings. The SMILES string of the molecule is O=CCn1nc(-c2coc3ccccc23)c2cnc(C(=O)N3CCCOCC3)cc21. The summed E-state index contributed by atoms with van der Waals surface area (Å²) in [6, 6.07) is 9.42. The van der Waals surface area contributed by atoms with Gasteiger partial charge in [-0.05, 0) is 18.6 Å². The number of nitrogens with zero attached hydrogens (tertiary/aromatic N) is 4. The Kier molecular flexibility index (Phi) is 4.76. The highest BCUT2D eigenvalue weighted by Gasteiger charge is 2.22. The summed E-state index contributed by atoms with van der Waals surface area (Å²) in [6.45, 7) is 2.44. The lowest BCUT2D eigenvalue weighted by Gasteiger charge is -2.19. The molecule has 0 N–H and O–H groups in total. The van der Waals surface area contributed by atoms with Gasteiger partial charge in [0.1, 0.15) is 29.5 Å². The van der Waals surface area contributed by atoms with Crippen molar-refractivity contribution in [2.45, 2.75) is 13.0 Å². The first-order chi connectivity index (χ1) is 14.8. The summed E-state index contributed by atoms with van der Waals surface area (Å²) in [5, 5.41) is 6.33. The largest absolute Gasteiger partial charge is 0.464 e. The zero-order valence-corrected chi connectivity index (χ0v) is 16.3. The Bertz CT molecular complexity index is 1230. The molecule has 5 rings (SSSR count). The van der Waals surface area contributed by atoms with Crippen LogP contribution >= 0.6 is 0 Å². The molecule has 0 aliphatic carbocycles. The van der Waals surface area contributed by atoms with Crippen molar-refractivity contribution >= 4 is 34.1 Å². The Hall–Kier alpha value is -3.52. The minimum Gasteiger partial charge on any atom is -0.464 e. The van der Waals surface area contributed by atoms with Crippen LogP contribution in [0.15, 0.2) is 47.2 Å². The van der Waals surface area contributed by atoms with Gasteiger partial charge < -0.3 is 18.8 Å². The fourth-order valence-electron chi connectivity index (χ4n) is 3.87. The van der Waals surface area contributed by atoms with E-state index < -0.39 is 0 Å². The van der Waals surface area contributed by atoms with E-state index in [9.17, 15) is 9.59 Å². The van der Waals surface area contributed by atoms with E-state index in [2.05, 4.69) is 10.1 Å². The summed E-state index contributed by atoms with van der Waals surface area (Å²) < 4.78 is 12.7. The predicted molar refractivity (Wildman–Crippen MR) is 110 cm³/mol. The molecule has 0 unspecified atom stereocenters. The Morgan fingerprint density at radius 1 is 1.17 bits per heavy atom. The van der Waals surface area contributed by atoms with Crippen molar-refractivity contribution < 1.29 is 18.7 Å². The van der Waals surface area contributed by atoms with Crippen molar-refractivity contribution in [2.75, 3.05) is 26.3 Å². The number of amides is 1. The second-order valence-electron chi connectivity index (χ2n) is 7.19. The second kappa shape index (κ2) is 7.72.